The summed E-state index contributed by atoms with van der Waals surface area (Å²) in [5.74, 6) is -4.81. The SMILES string of the molecule is COc1ccc(C(=O)N(CC(=O)O)CC(=O)N[C@H](Cc2ccc(NC(=O)OCc3ccccc3)cc2)C(=O)O)cc1O. The molecule has 0 spiro atoms. The number of carboxylic acid groups (broad SMARTS) is 2. The maximum atomic E-state index is 12.9. The van der Waals surface area contributed by atoms with Crippen LogP contribution in [0.25, 0.3) is 0 Å². The van der Waals surface area contributed by atoms with Crippen molar-refractivity contribution in [2.24, 2.45) is 0 Å². The fourth-order valence-corrected chi connectivity index (χ4v) is 3.82. The molecule has 13 nitrogen and oxygen atoms in total. The number of hydrogen-bond donors (Lipinski definition) is 5. The van der Waals surface area contributed by atoms with E-state index in [1.54, 1.807) is 12.1 Å². The van der Waals surface area contributed by atoms with Gasteiger partial charge in [-0.15, -0.1) is 0 Å². The fraction of sp³-hybridized carbons (Fsp3) is 0.207. The molecular formula is C29H29N3O10. The van der Waals surface area contributed by atoms with Crippen LogP contribution in [0, 0.1) is 0 Å². The lowest BCUT2D eigenvalue weighted by Gasteiger charge is -2.22. The number of aliphatic carboxylic acids is 2. The molecule has 0 radical (unpaired) electrons. The summed E-state index contributed by atoms with van der Waals surface area (Å²) in [5, 5.41) is 33.7. The zero-order valence-corrected chi connectivity index (χ0v) is 22.5. The third-order valence-corrected chi connectivity index (χ3v) is 5.86. The number of ether oxygens (including phenoxy) is 2. The summed E-state index contributed by atoms with van der Waals surface area (Å²) in [6, 6.07) is 17.6. The van der Waals surface area contributed by atoms with Gasteiger partial charge in [-0.3, -0.25) is 19.7 Å². The molecule has 3 aromatic carbocycles. The lowest BCUT2D eigenvalue weighted by Crippen LogP contribution is -2.48. The van der Waals surface area contributed by atoms with Crippen LogP contribution in [0.1, 0.15) is 21.5 Å². The Morgan fingerprint density at radius 1 is 0.881 bits per heavy atom. The number of phenols is 1. The zero-order valence-electron chi connectivity index (χ0n) is 22.5. The van der Waals surface area contributed by atoms with E-state index in [1.807, 2.05) is 30.3 Å². The van der Waals surface area contributed by atoms with Gasteiger partial charge in [-0.05, 0) is 41.5 Å². The van der Waals surface area contributed by atoms with Crippen LogP contribution in [0.4, 0.5) is 10.5 Å². The van der Waals surface area contributed by atoms with E-state index >= 15 is 0 Å². The molecule has 3 aromatic rings. The molecule has 0 aromatic heterocycles. The zero-order chi connectivity index (χ0) is 30.6. The van der Waals surface area contributed by atoms with Crippen molar-refractivity contribution >= 4 is 35.5 Å². The number of nitrogens with zero attached hydrogens (tertiary/aromatic N) is 1. The number of methoxy groups -OCH3 is 1. The summed E-state index contributed by atoms with van der Waals surface area (Å²) in [4.78, 5) is 61.5. The van der Waals surface area contributed by atoms with Crippen molar-refractivity contribution in [3.63, 3.8) is 0 Å². The average Bonchev–Trinajstić information content (AvgIpc) is 2.96. The molecule has 0 fully saturated rings. The smallest absolute Gasteiger partial charge is 0.411 e. The molecule has 0 saturated heterocycles. The molecule has 0 aliphatic rings. The Labute approximate surface area is 240 Å². The van der Waals surface area contributed by atoms with E-state index in [2.05, 4.69) is 10.6 Å². The summed E-state index contributed by atoms with van der Waals surface area (Å²) < 4.78 is 10.1. The van der Waals surface area contributed by atoms with Crippen LogP contribution < -0.4 is 15.4 Å². The Balaban J connectivity index is 1.59. The number of carbonyl (C=O) groups is 5. The highest BCUT2D eigenvalue weighted by Gasteiger charge is 2.26. The molecule has 0 heterocycles. The third-order valence-electron chi connectivity index (χ3n) is 5.86. The monoisotopic (exact) mass is 579 g/mol. The van der Waals surface area contributed by atoms with E-state index in [0.29, 0.717) is 16.2 Å². The highest BCUT2D eigenvalue weighted by atomic mass is 16.5. The van der Waals surface area contributed by atoms with E-state index in [0.717, 1.165) is 11.6 Å². The molecule has 0 saturated carbocycles. The maximum Gasteiger partial charge on any atom is 0.411 e. The Kier molecular flexibility index (Phi) is 10.8. The van der Waals surface area contributed by atoms with Crippen LogP contribution >= 0.6 is 0 Å². The standard InChI is InChI=1S/C29H29N3O10/c1-41-24-12-9-20(14-23(24)33)27(37)32(16-26(35)36)15-25(34)31-22(28(38)39)13-18-7-10-21(11-8-18)30-29(40)42-17-19-5-3-2-4-6-19/h2-12,14,22,33H,13,15-17H2,1H3,(H,30,40)(H,31,34)(H,35,36)(H,38,39)/t22-/m1/s1. The molecule has 42 heavy (non-hydrogen) atoms. The number of nitrogens with one attached hydrogen (secondary N) is 2. The molecular weight excluding hydrogens is 550 g/mol. The van der Waals surface area contributed by atoms with Crippen LogP contribution in [-0.2, 0) is 32.1 Å². The first-order valence-corrected chi connectivity index (χ1v) is 12.5. The number of rotatable bonds is 13. The highest BCUT2D eigenvalue weighted by Crippen LogP contribution is 2.26. The number of hydrogen-bond acceptors (Lipinski definition) is 8. The van der Waals surface area contributed by atoms with Gasteiger partial charge in [0.25, 0.3) is 5.91 Å². The lowest BCUT2D eigenvalue weighted by molar-refractivity contribution is -0.142. The number of aromatic hydroxyl groups is 1. The predicted molar refractivity (Wildman–Crippen MR) is 148 cm³/mol. The predicted octanol–water partition coefficient (Wildman–Crippen LogP) is 2.49. The van der Waals surface area contributed by atoms with Crippen LogP contribution in [0.15, 0.2) is 72.8 Å². The maximum absolute atomic E-state index is 12.9. The van der Waals surface area contributed by atoms with E-state index in [-0.39, 0.29) is 30.1 Å². The van der Waals surface area contributed by atoms with Crippen LogP contribution in [-0.4, -0.2) is 76.3 Å². The second-order valence-corrected chi connectivity index (χ2v) is 8.99. The first-order valence-electron chi connectivity index (χ1n) is 12.5. The fourth-order valence-electron chi connectivity index (χ4n) is 3.82. The average molecular weight is 580 g/mol. The second kappa shape index (κ2) is 14.7. The van der Waals surface area contributed by atoms with E-state index in [9.17, 15) is 39.3 Å². The molecule has 0 aliphatic carbocycles. The summed E-state index contributed by atoms with van der Waals surface area (Å²) in [6.45, 7) is -1.52. The van der Waals surface area contributed by atoms with Crippen molar-refractivity contribution in [2.75, 3.05) is 25.5 Å². The van der Waals surface area contributed by atoms with Crippen LogP contribution in [0.3, 0.4) is 0 Å². The molecule has 220 valence electrons. The van der Waals surface area contributed by atoms with Crippen LogP contribution in [0.2, 0.25) is 0 Å². The first kappa shape index (κ1) is 30.9. The Bertz CT molecular complexity index is 1430. The van der Waals surface area contributed by atoms with Gasteiger partial charge in [0.15, 0.2) is 11.5 Å². The number of benzene rings is 3. The van der Waals surface area contributed by atoms with Crippen molar-refractivity contribution in [1.82, 2.24) is 10.2 Å². The molecule has 3 rings (SSSR count). The summed E-state index contributed by atoms with van der Waals surface area (Å²) >= 11 is 0. The number of phenolic OH excluding ortho intramolecular Hbond substituents is 1. The molecule has 1 atom stereocenters. The molecule has 0 aliphatic heterocycles. The number of carbonyl (C=O) groups excluding carboxylic acids is 3. The lowest BCUT2D eigenvalue weighted by atomic mass is 10.1. The van der Waals surface area contributed by atoms with E-state index in [1.165, 1.54) is 31.4 Å². The van der Waals surface area contributed by atoms with Gasteiger partial charge >= 0.3 is 18.0 Å². The van der Waals surface area contributed by atoms with Crippen molar-refractivity contribution in [2.45, 2.75) is 19.1 Å². The minimum Gasteiger partial charge on any atom is -0.504 e. The largest absolute Gasteiger partial charge is 0.504 e. The van der Waals surface area contributed by atoms with Crippen molar-refractivity contribution < 1.29 is 48.8 Å². The van der Waals surface area contributed by atoms with Crippen molar-refractivity contribution in [1.29, 1.82) is 0 Å². The molecule has 5 N–H and O–H groups in total. The van der Waals surface area contributed by atoms with E-state index < -0.39 is 49.0 Å². The first-order chi connectivity index (χ1) is 20.0. The highest BCUT2D eigenvalue weighted by molar-refractivity contribution is 5.99. The topological polar surface area (TPSA) is 192 Å². The number of amides is 3. The number of carboxylic acids is 2. The summed E-state index contributed by atoms with van der Waals surface area (Å²) in [6.07, 6.45) is -0.813. The van der Waals surface area contributed by atoms with Gasteiger partial charge < -0.3 is 35.0 Å². The second-order valence-electron chi connectivity index (χ2n) is 8.99. The Hall–Kier alpha value is -5.59. The van der Waals surface area contributed by atoms with Gasteiger partial charge in [-0.2, -0.15) is 0 Å². The number of anilines is 1. The summed E-state index contributed by atoms with van der Waals surface area (Å²) in [7, 11) is 1.31. The van der Waals surface area contributed by atoms with Gasteiger partial charge in [-0.25, -0.2) is 9.59 Å². The van der Waals surface area contributed by atoms with Gasteiger partial charge in [0, 0.05) is 17.7 Å². The Morgan fingerprint density at radius 3 is 2.17 bits per heavy atom. The molecule has 13 heteroatoms. The van der Waals surface area contributed by atoms with Gasteiger partial charge in [0.05, 0.1) is 7.11 Å². The quantitative estimate of drug-likeness (QED) is 0.201. The van der Waals surface area contributed by atoms with Crippen molar-refractivity contribution in [3.05, 3.63) is 89.5 Å². The van der Waals surface area contributed by atoms with Gasteiger partial charge in [0.2, 0.25) is 5.91 Å². The molecule has 0 unspecified atom stereocenters. The van der Waals surface area contributed by atoms with Crippen molar-refractivity contribution in [3.8, 4) is 11.5 Å². The normalized spacial score (nSPS) is 11.1. The van der Waals surface area contributed by atoms with Gasteiger partial charge in [-0.1, -0.05) is 42.5 Å². The van der Waals surface area contributed by atoms with Gasteiger partial charge in [0.1, 0.15) is 25.7 Å². The minimum absolute atomic E-state index is 0.0861. The molecule has 3 amide bonds. The third kappa shape index (κ3) is 9.26. The van der Waals surface area contributed by atoms with Crippen LogP contribution in [0.5, 0.6) is 11.5 Å². The minimum atomic E-state index is -1.40. The summed E-state index contributed by atoms with van der Waals surface area (Å²) in [5.41, 5.74) is 1.63. The Morgan fingerprint density at radius 2 is 1.57 bits per heavy atom. The van der Waals surface area contributed by atoms with E-state index in [4.69, 9.17) is 9.47 Å². The molecule has 0 bridgehead atoms.